The highest BCUT2D eigenvalue weighted by Gasteiger charge is 2.27. The van der Waals surface area contributed by atoms with Gasteiger partial charge in [0, 0.05) is 12.7 Å². The second kappa shape index (κ2) is 5.32. The van der Waals surface area contributed by atoms with Gasteiger partial charge in [-0.15, -0.1) is 0 Å². The van der Waals surface area contributed by atoms with E-state index in [0.29, 0.717) is 10.9 Å². The maximum atomic E-state index is 6.12. The van der Waals surface area contributed by atoms with Crippen molar-refractivity contribution in [1.82, 2.24) is 10.3 Å². The van der Waals surface area contributed by atoms with Crippen LogP contribution in [0.15, 0.2) is 22.9 Å². The number of pyridine rings is 1. The SMILES string of the molecule is Clc1cc(C2=C[C@H]3CNCC[C@H]3CC2)cnc1Br. The molecule has 0 spiro atoms. The molecule has 96 valence electrons. The summed E-state index contributed by atoms with van der Waals surface area (Å²) in [5.74, 6) is 1.55. The van der Waals surface area contributed by atoms with Gasteiger partial charge in [0.2, 0.25) is 0 Å². The van der Waals surface area contributed by atoms with Gasteiger partial charge in [0.05, 0.1) is 5.02 Å². The first-order chi connectivity index (χ1) is 8.74. The predicted molar refractivity (Wildman–Crippen MR) is 78.6 cm³/mol. The number of nitrogens with one attached hydrogen (secondary N) is 1. The molecule has 0 saturated carbocycles. The van der Waals surface area contributed by atoms with E-state index in [1.165, 1.54) is 30.5 Å². The van der Waals surface area contributed by atoms with Crippen molar-refractivity contribution in [2.45, 2.75) is 19.3 Å². The highest BCUT2D eigenvalue weighted by atomic mass is 79.9. The number of fused-ring (bicyclic) bond motifs is 1. The van der Waals surface area contributed by atoms with Crippen molar-refractivity contribution in [2.75, 3.05) is 13.1 Å². The Bertz CT molecular complexity index is 487. The Balaban J connectivity index is 1.87. The number of rotatable bonds is 1. The molecular formula is C14H16BrClN2. The zero-order valence-electron chi connectivity index (χ0n) is 10.1. The molecule has 1 saturated heterocycles. The Morgan fingerprint density at radius 2 is 2.28 bits per heavy atom. The molecule has 2 heterocycles. The van der Waals surface area contributed by atoms with Crippen molar-refractivity contribution in [3.63, 3.8) is 0 Å². The lowest BCUT2D eigenvalue weighted by Gasteiger charge is -2.34. The van der Waals surface area contributed by atoms with E-state index in [4.69, 9.17) is 11.6 Å². The van der Waals surface area contributed by atoms with Crippen molar-refractivity contribution in [3.05, 3.63) is 33.5 Å². The molecule has 0 amide bonds. The van der Waals surface area contributed by atoms with Crippen LogP contribution in [0.5, 0.6) is 0 Å². The standard InChI is InChI=1S/C14H16BrClN2/c15-14-13(16)6-12(8-18-14)10-2-1-9-3-4-17-7-11(9)5-10/h5-6,8-9,11,17H,1-4,7H2/t9-,11+/m1/s1. The molecule has 0 aromatic carbocycles. The molecular weight excluding hydrogens is 312 g/mol. The summed E-state index contributed by atoms with van der Waals surface area (Å²) < 4.78 is 0.724. The van der Waals surface area contributed by atoms with Gasteiger partial charge < -0.3 is 5.32 Å². The van der Waals surface area contributed by atoms with Crippen LogP contribution in [0.1, 0.15) is 24.8 Å². The van der Waals surface area contributed by atoms with Crippen LogP contribution in [0.3, 0.4) is 0 Å². The minimum absolute atomic E-state index is 0.685. The van der Waals surface area contributed by atoms with Crippen LogP contribution in [0.4, 0.5) is 0 Å². The van der Waals surface area contributed by atoms with E-state index in [0.717, 1.165) is 23.5 Å². The average molecular weight is 328 g/mol. The van der Waals surface area contributed by atoms with E-state index < -0.39 is 0 Å². The van der Waals surface area contributed by atoms with Crippen molar-refractivity contribution >= 4 is 33.1 Å². The molecule has 2 aliphatic rings. The van der Waals surface area contributed by atoms with Gasteiger partial charge in [-0.2, -0.15) is 0 Å². The number of nitrogens with zero attached hydrogens (tertiary/aromatic N) is 1. The van der Waals surface area contributed by atoms with Crippen molar-refractivity contribution in [3.8, 4) is 0 Å². The Kier molecular flexibility index (Phi) is 3.73. The molecule has 2 nitrogen and oxygen atoms in total. The van der Waals surface area contributed by atoms with Gasteiger partial charge in [-0.05, 0) is 70.8 Å². The number of hydrogen-bond donors (Lipinski definition) is 1. The van der Waals surface area contributed by atoms with Crippen LogP contribution in [0.2, 0.25) is 5.02 Å². The molecule has 0 radical (unpaired) electrons. The molecule has 0 bridgehead atoms. The van der Waals surface area contributed by atoms with Crippen LogP contribution in [0.25, 0.3) is 5.57 Å². The highest BCUT2D eigenvalue weighted by Crippen LogP contribution is 2.37. The molecule has 18 heavy (non-hydrogen) atoms. The fourth-order valence-corrected chi connectivity index (χ4v) is 3.39. The fraction of sp³-hybridized carbons (Fsp3) is 0.500. The van der Waals surface area contributed by atoms with Crippen LogP contribution in [-0.2, 0) is 0 Å². The fourth-order valence-electron chi connectivity index (χ4n) is 3.01. The summed E-state index contributed by atoms with van der Waals surface area (Å²) >= 11 is 9.46. The lowest BCUT2D eigenvalue weighted by atomic mass is 9.76. The number of piperidine rings is 1. The molecule has 3 rings (SSSR count). The topological polar surface area (TPSA) is 24.9 Å². The summed E-state index contributed by atoms with van der Waals surface area (Å²) in [5.41, 5.74) is 2.58. The number of allylic oxidation sites excluding steroid dienone is 1. The van der Waals surface area contributed by atoms with E-state index in [9.17, 15) is 0 Å². The van der Waals surface area contributed by atoms with Crippen molar-refractivity contribution < 1.29 is 0 Å². The van der Waals surface area contributed by atoms with E-state index in [1.807, 2.05) is 12.3 Å². The quantitative estimate of drug-likeness (QED) is 0.791. The van der Waals surface area contributed by atoms with E-state index in [-0.39, 0.29) is 0 Å². The van der Waals surface area contributed by atoms with Gasteiger partial charge in [-0.3, -0.25) is 0 Å². The number of halogens is 2. The lowest BCUT2D eigenvalue weighted by Crippen LogP contribution is -2.37. The Hall–Kier alpha value is -0.380. The molecule has 0 unspecified atom stereocenters. The Morgan fingerprint density at radius 1 is 1.39 bits per heavy atom. The van der Waals surface area contributed by atoms with Gasteiger partial charge in [0.15, 0.2) is 0 Å². The summed E-state index contributed by atoms with van der Waals surface area (Å²) in [6.07, 6.45) is 8.11. The van der Waals surface area contributed by atoms with Crippen molar-refractivity contribution in [1.29, 1.82) is 0 Å². The van der Waals surface area contributed by atoms with Gasteiger partial charge >= 0.3 is 0 Å². The zero-order chi connectivity index (χ0) is 12.5. The maximum absolute atomic E-state index is 6.12. The second-order valence-corrected chi connectivity index (χ2v) is 6.30. The molecule has 1 aliphatic carbocycles. The minimum Gasteiger partial charge on any atom is -0.316 e. The van der Waals surface area contributed by atoms with Crippen LogP contribution < -0.4 is 5.32 Å². The third kappa shape index (κ3) is 2.49. The largest absolute Gasteiger partial charge is 0.316 e. The Morgan fingerprint density at radius 3 is 3.11 bits per heavy atom. The number of aromatic nitrogens is 1. The van der Waals surface area contributed by atoms with E-state index in [2.05, 4.69) is 32.3 Å². The summed E-state index contributed by atoms with van der Waals surface area (Å²) in [7, 11) is 0. The normalized spacial score (nSPS) is 27.6. The first-order valence-electron chi connectivity index (χ1n) is 6.47. The van der Waals surface area contributed by atoms with Crippen LogP contribution >= 0.6 is 27.5 Å². The van der Waals surface area contributed by atoms with Gasteiger partial charge in [0.25, 0.3) is 0 Å². The average Bonchev–Trinajstić information content (AvgIpc) is 2.41. The van der Waals surface area contributed by atoms with Crippen LogP contribution in [-0.4, -0.2) is 18.1 Å². The zero-order valence-corrected chi connectivity index (χ0v) is 12.5. The predicted octanol–water partition coefficient (Wildman–Crippen LogP) is 3.90. The summed E-state index contributed by atoms with van der Waals surface area (Å²) in [4.78, 5) is 4.29. The first kappa shape index (κ1) is 12.6. The Labute approximate surface area is 121 Å². The highest BCUT2D eigenvalue weighted by molar-refractivity contribution is 9.10. The lowest BCUT2D eigenvalue weighted by molar-refractivity contribution is 0.279. The molecule has 1 fully saturated rings. The molecule has 1 aromatic heterocycles. The van der Waals surface area contributed by atoms with Gasteiger partial charge in [-0.25, -0.2) is 4.98 Å². The summed E-state index contributed by atoms with van der Waals surface area (Å²) in [6, 6.07) is 2.01. The molecule has 1 N–H and O–H groups in total. The van der Waals surface area contributed by atoms with Gasteiger partial charge in [-0.1, -0.05) is 17.7 Å². The summed E-state index contributed by atoms with van der Waals surface area (Å²) in [6.45, 7) is 2.29. The third-order valence-electron chi connectivity index (χ3n) is 4.04. The maximum Gasteiger partial charge on any atom is 0.124 e. The molecule has 1 aromatic rings. The smallest absolute Gasteiger partial charge is 0.124 e. The second-order valence-electron chi connectivity index (χ2n) is 5.14. The summed E-state index contributed by atoms with van der Waals surface area (Å²) in [5, 5.41) is 4.17. The van der Waals surface area contributed by atoms with Gasteiger partial charge in [0.1, 0.15) is 4.60 Å². The van der Waals surface area contributed by atoms with E-state index >= 15 is 0 Å². The third-order valence-corrected chi connectivity index (χ3v) is 5.19. The van der Waals surface area contributed by atoms with Crippen LogP contribution in [0, 0.1) is 11.8 Å². The number of hydrogen-bond acceptors (Lipinski definition) is 2. The molecule has 2 atom stereocenters. The van der Waals surface area contributed by atoms with Crippen molar-refractivity contribution in [2.24, 2.45) is 11.8 Å². The first-order valence-corrected chi connectivity index (χ1v) is 7.64. The molecule has 1 aliphatic heterocycles. The molecule has 4 heteroatoms. The monoisotopic (exact) mass is 326 g/mol. The van der Waals surface area contributed by atoms with E-state index in [1.54, 1.807) is 0 Å². The minimum atomic E-state index is 0.685.